The summed E-state index contributed by atoms with van der Waals surface area (Å²) in [5.41, 5.74) is 0.664. The molecule has 0 radical (unpaired) electrons. The number of hydrogen-bond acceptors (Lipinski definition) is 3. The van der Waals surface area contributed by atoms with Crippen molar-refractivity contribution in [2.45, 2.75) is 25.8 Å². The van der Waals surface area contributed by atoms with E-state index in [-0.39, 0.29) is 12.6 Å². The lowest BCUT2D eigenvalue weighted by Crippen LogP contribution is -2.36. The van der Waals surface area contributed by atoms with Gasteiger partial charge in [0, 0.05) is 18.3 Å². The Bertz CT molecular complexity index is 482. The van der Waals surface area contributed by atoms with Gasteiger partial charge < -0.3 is 20.1 Å². The fourth-order valence-electron chi connectivity index (χ4n) is 1.93. The van der Waals surface area contributed by atoms with Crippen molar-refractivity contribution in [2.24, 2.45) is 0 Å². The first-order valence-electron chi connectivity index (χ1n) is 6.62. The van der Waals surface area contributed by atoms with Gasteiger partial charge in [0.25, 0.3) is 0 Å². The molecule has 20 heavy (non-hydrogen) atoms. The molecule has 0 unspecified atom stereocenters. The molecular formula is C14H18N2O4. The molecule has 0 bridgehead atoms. The number of carbonyl (C=O) groups is 2. The molecule has 2 amide bonds. The summed E-state index contributed by atoms with van der Waals surface area (Å²) in [6.07, 6.45) is 2.15. The van der Waals surface area contributed by atoms with E-state index < -0.39 is 5.97 Å². The van der Waals surface area contributed by atoms with Gasteiger partial charge in [-0.05, 0) is 44.0 Å². The number of rotatable bonds is 6. The zero-order chi connectivity index (χ0) is 14.5. The fraction of sp³-hybridized carbons (Fsp3) is 0.429. The second-order valence-corrected chi connectivity index (χ2v) is 4.65. The van der Waals surface area contributed by atoms with Gasteiger partial charge in [0.2, 0.25) is 0 Å². The Hall–Kier alpha value is -2.24. The van der Waals surface area contributed by atoms with Crippen LogP contribution in [0.3, 0.4) is 0 Å². The number of carbonyl (C=O) groups excluding carboxylic acids is 1. The van der Waals surface area contributed by atoms with E-state index in [4.69, 9.17) is 9.84 Å². The van der Waals surface area contributed by atoms with E-state index in [0.717, 1.165) is 12.8 Å². The van der Waals surface area contributed by atoms with Crippen molar-refractivity contribution in [3.63, 3.8) is 0 Å². The van der Waals surface area contributed by atoms with Crippen LogP contribution in [0, 0.1) is 0 Å². The van der Waals surface area contributed by atoms with Gasteiger partial charge in [-0.3, -0.25) is 0 Å². The molecule has 0 heterocycles. The number of carboxylic acid groups (broad SMARTS) is 1. The third kappa shape index (κ3) is 3.88. The number of benzene rings is 1. The monoisotopic (exact) mass is 278 g/mol. The zero-order valence-electron chi connectivity index (χ0n) is 11.3. The van der Waals surface area contributed by atoms with E-state index in [1.807, 2.05) is 11.8 Å². The van der Waals surface area contributed by atoms with Crippen molar-refractivity contribution in [3.8, 4) is 5.75 Å². The Kier molecular flexibility index (Phi) is 4.45. The molecule has 0 aliphatic heterocycles. The maximum Gasteiger partial charge on any atom is 0.341 e. The Labute approximate surface area is 117 Å². The molecule has 6 heteroatoms. The zero-order valence-corrected chi connectivity index (χ0v) is 11.3. The standard InChI is InChI=1S/C14H18N2O4/c1-2-16(11-5-6-11)14(19)15-10-3-7-12(8-4-10)20-9-13(17)18/h3-4,7-8,11H,2,5-6,9H2,1H3,(H,15,19)(H,17,18). The van der Waals surface area contributed by atoms with Crippen molar-refractivity contribution < 1.29 is 19.4 Å². The summed E-state index contributed by atoms with van der Waals surface area (Å²) in [5, 5.41) is 11.3. The molecule has 0 saturated heterocycles. The molecule has 108 valence electrons. The summed E-state index contributed by atoms with van der Waals surface area (Å²) < 4.78 is 5.02. The summed E-state index contributed by atoms with van der Waals surface area (Å²) in [7, 11) is 0. The summed E-state index contributed by atoms with van der Waals surface area (Å²) >= 11 is 0. The van der Waals surface area contributed by atoms with Gasteiger partial charge in [-0.2, -0.15) is 0 Å². The highest BCUT2D eigenvalue weighted by Crippen LogP contribution is 2.27. The topological polar surface area (TPSA) is 78.9 Å². The van der Waals surface area contributed by atoms with Crippen LogP contribution in [0.15, 0.2) is 24.3 Å². The van der Waals surface area contributed by atoms with Gasteiger partial charge in [0.1, 0.15) is 5.75 Å². The first-order chi connectivity index (χ1) is 9.60. The average molecular weight is 278 g/mol. The summed E-state index contributed by atoms with van der Waals surface area (Å²) in [4.78, 5) is 24.2. The van der Waals surface area contributed by atoms with Crippen molar-refractivity contribution >= 4 is 17.7 Å². The quantitative estimate of drug-likeness (QED) is 0.835. The Morgan fingerprint density at radius 2 is 2.00 bits per heavy atom. The predicted molar refractivity (Wildman–Crippen MR) is 74.0 cm³/mol. The molecule has 1 aliphatic carbocycles. The molecule has 1 aliphatic rings. The Morgan fingerprint density at radius 3 is 2.50 bits per heavy atom. The smallest absolute Gasteiger partial charge is 0.341 e. The van der Waals surface area contributed by atoms with Gasteiger partial charge in [-0.25, -0.2) is 9.59 Å². The minimum atomic E-state index is -1.02. The minimum Gasteiger partial charge on any atom is -0.482 e. The predicted octanol–water partition coefficient (Wildman–Crippen LogP) is 2.17. The lowest BCUT2D eigenvalue weighted by atomic mass is 10.3. The fourth-order valence-corrected chi connectivity index (χ4v) is 1.93. The second-order valence-electron chi connectivity index (χ2n) is 4.65. The van der Waals surface area contributed by atoms with Crippen LogP contribution >= 0.6 is 0 Å². The third-order valence-corrected chi connectivity index (χ3v) is 3.06. The van der Waals surface area contributed by atoms with E-state index in [2.05, 4.69) is 5.32 Å². The SMILES string of the molecule is CCN(C(=O)Nc1ccc(OCC(=O)O)cc1)C1CC1. The molecular weight excluding hydrogens is 260 g/mol. The van der Waals surface area contributed by atoms with Crippen LogP contribution in [0.2, 0.25) is 0 Å². The van der Waals surface area contributed by atoms with Crippen molar-refractivity contribution in [1.82, 2.24) is 4.90 Å². The third-order valence-electron chi connectivity index (χ3n) is 3.06. The highest BCUT2D eigenvalue weighted by Gasteiger charge is 2.31. The molecule has 1 saturated carbocycles. The van der Waals surface area contributed by atoms with Gasteiger partial charge in [-0.15, -0.1) is 0 Å². The number of nitrogens with zero attached hydrogens (tertiary/aromatic N) is 1. The average Bonchev–Trinajstić information content (AvgIpc) is 3.23. The molecule has 2 rings (SSSR count). The van der Waals surface area contributed by atoms with E-state index >= 15 is 0 Å². The molecule has 6 nitrogen and oxygen atoms in total. The van der Waals surface area contributed by atoms with Crippen LogP contribution in [0.25, 0.3) is 0 Å². The van der Waals surface area contributed by atoms with E-state index in [9.17, 15) is 9.59 Å². The maximum absolute atomic E-state index is 12.0. The van der Waals surface area contributed by atoms with Crippen LogP contribution < -0.4 is 10.1 Å². The Morgan fingerprint density at radius 1 is 1.35 bits per heavy atom. The highest BCUT2D eigenvalue weighted by molar-refractivity contribution is 5.89. The molecule has 0 spiro atoms. The first-order valence-corrected chi connectivity index (χ1v) is 6.62. The largest absolute Gasteiger partial charge is 0.482 e. The first kappa shape index (κ1) is 14.2. The highest BCUT2D eigenvalue weighted by atomic mass is 16.5. The molecule has 1 aromatic carbocycles. The molecule has 0 atom stereocenters. The second kappa shape index (κ2) is 6.27. The van der Waals surface area contributed by atoms with Crippen molar-refractivity contribution in [2.75, 3.05) is 18.5 Å². The van der Waals surface area contributed by atoms with Gasteiger partial charge in [0.15, 0.2) is 6.61 Å². The normalized spacial score (nSPS) is 13.7. The van der Waals surface area contributed by atoms with Gasteiger partial charge in [0.05, 0.1) is 0 Å². The Balaban J connectivity index is 1.89. The molecule has 2 N–H and O–H groups in total. The van der Waals surface area contributed by atoms with Crippen molar-refractivity contribution in [3.05, 3.63) is 24.3 Å². The van der Waals surface area contributed by atoms with Crippen molar-refractivity contribution in [1.29, 1.82) is 0 Å². The number of amides is 2. The number of aliphatic carboxylic acids is 1. The van der Waals surface area contributed by atoms with Crippen LogP contribution in [-0.4, -0.2) is 41.2 Å². The number of carboxylic acids is 1. The molecule has 1 fully saturated rings. The molecule has 1 aromatic rings. The maximum atomic E-state index is 12.0. The number of nitrogens with one attached hydrogen (secondary N) is 1. The van der Waals surface area contributed by atoms with E-state index in [1.54, 1.807) is 24.3 Å². The number of ether oxygens (including phenoxy) is 1. The number of urea groups is 1. The van der Waals surface area contributed by atoms with Crippen LogP contribution in [0.4, 0.5) is 10.5 Å². The summed E-state index contributed by atoms with van der Waals surface area (Å²) in [5.74, 6) is -0.565. The van der Waals surface area contributed by atoms with E-state index in [0.29, 0.717) is 24.0 Å². The lowest BCUT2D eigenvalue weighted by Gasteiger charge is -2.20. The number of hydrogen-bond donors (Lipinski definition) is 2. The van der Waals surface area contributed by atoms with Crippen LogP contribution in [0.1, 0.15) is 19.8 Å². The summed E-state index contributed by atoms with van der Waals surface area (Å²) in [6, 6.07) is 6.91. The van der Waals surface area contributed by atoms with Gasteiger partial charge >= 0.3 is 12.0 Å². The summed E-state index contributed by atoms with van der Waals surface area (Å²) in [6.45, 7) is 2.27. The lowest BCUT2D eigenvalue weighted by molar-refractivity contribution is -0.139. The molecule has 0 aromatic heterocycles. The van der Waals surface area contributed by atoms with E-state index in [1.165, 1.54) is 0 Å². The minimum absolute atomic E-state index is 0.103. The van der Waals surface area contributed by atoms with Crippen LogP contribution in [-0.2, 0) is 4.79 Å². The van der Waals surface area contributed by atoms with Gasteiger partial charge in [-0.1, -0.05) is 0 Å². The van der Waals surface area contributed by atoms with Crippen LogP contribution in [0.5, 0.6) is 5.75 Å². The number of anilines is 1.